The molecule has 4 aliphatic heterocycles. The normalized spacial score (nSPS) is 42.4. The first-order valence-corrected chi connectivity index (χ1v) is 9.95. The molecule has 0 unspecified atom stereocenters. The number of nitrogens with zero attached hydrogens (tertiary/aromatic N) is 1. The summed E-state index contributed by atoms with van der Waals surface area (Å²) in [5.74, 6) is 0. The van der Waals surface area contributed by atoms with Crippen molar-refractivity contribution in [3.63, 3.8) is 0 Å². The number of benzene rings is 1. The first kappa shape index (κ1) is 15.9. The number of aryl methyl sites for hydroxylation is 1. The van der Waals surface area contributed by atoms with E-state index in [4.69, 9.17) is 0 Å². The SMILES string of the molecule is CCC12C[NH+]3CC(CC)(C[NH+](C1)C3c1cn(C)c3ccccc13)C2O. The number of rotatable bonds is 3. The largest absolute Gasteiger partial charge is 0.391 e. The summed E-state index contributed by atoms with van der Waals surface area (Å²) in [5.41, 5.74) is 3.09. The molecule has 0 radical (unpaired) electrons. The molecule has 4 heteroatoms. The van der Waals surface area contributed by atoms with Crippen molar-refractivity contribution >= 4 is 10.9 Å². The third kappa shape index (κ3) is 1.88. The van der Waals surface area contributed by atoms with Crippen molar-refractivity contribution in [1.29, 1.82) is 0 Å². The Bertz CT molecular complexity index is 786. The first-order chi connectivity index (χ1) is 12.0. The van der Waals surface area contributed by atoms with Gasteiger partial charge in [0.25, 0.3) is 0 Å². The second-order valence-electron chi connectivity index (χ2n) is 9.00. The van der Waals surface area contributed by atoms with Crippen molar-refractivity contribution < 1.29 is 14.9 Å². The Hall–Kier alpha value is -1.36. The minimum Gasteiger partial charge on any atom is -0.391 e. The van der Waals surface area contributed by atoms with Gasteiger partial charge in [0.05, 0.1) is 48.7 Å². The molecule has 5 heterocycles. The first-order valence-electron chi connectivity index (χ1n) is 9.95. The summed E-state index contributed by atoms with van der Waals surface area (Å²) in [6.07, 6.45) is 4.98. The fourth-order valence-corrected chi connectivity index (χ4v) is 6.72. The number of piperidine rings is 2. The second-order valence-corrected chi connectivity index (χ2v) is 9.00. The second kappa shape index (κ2) is 5.09. The van der Waals surface area contributed by atoms with Gasteiger partial charge in [0.1, 0.15) is 0 Å². The van der Waals surface area contributed by atoms with Crippen LogP contribution in [0.3, 0.4) is 0 Å². The predicted molar refractivity (Wildman–Crippen MR) is 98.5 cm³/mol. The minimum atomic E-state index is -0.115. The highest BCUT2D eigenvalue weighted by molar-refractivity contribution is 5.84. The van der Waals surface area contributed by atoms with Gasteiger partial charge in [0, 0.05) is 24.1 Å². The molecule has 4 bridgehead atoms. The zero-order chi connectivity index (χ0) is 17.4. The lowest BCUT2D eigenvalue weighted by Crippen LogP contribution is -3.41. The highest BCUT2D eigenvalue weighted by Gasteiger charge is 2.70. The predicted octanol–water partition coefficient (Wildman–Crippen LogP) is 0.141. The summed E-state index contributed by atoms with van der Waals surface area (Å²) < 4.78 is 2.29. The van der Waals surface area contributed by atoms with Crippen molar-refractivity contribution in [3.05, 3.63) is 36.0 Å². The van der Waals surface area contributed by atoms with Gasteiger partial charge in [-0.25, -0.2) is 0 Å². The van der Waals surface area contributed by atoms with Gasteiger partial charge in [0.2, 0.25) is 6.17 Å². The van der Waals surface area contributed by atoms with E-state index in [-0.39, 0.29) is 16.9 Å². The average molecular weight is 341 g/mol. The standard InChI is InChI=1S/C21H29N3O/c1-4-20-11-23-13-21(5-2,19(20)25)14-24(12-20)18(23)16-10-22(3)17-9-7-6-8-15(16)17/h6-10,18-19,25H,4-5,11-14H2,1-3H3/p+2. The maximum atomic E-state index is 11.2. The topological polar surface area (TPSA) is 34.0 Å². The van der Waals surface area contributed by atoms with E-state index in [2.05, 4.69) is 55.9 Å². The van der Waals surface area contributed by atoms with E-state index in [1.807, 2.05) is 0 Å². The van der Waals surface area contributed by atoms with Crippen LogP contribution >= 0.6 is 0 Å². The molecule has 3 N–H and O–H groups in total. The highest BCUT2D eigenvalue weighted by atomic mass is 16.3. The smallest absolute Gasteiger partial charge is 0.242 e. The van der Waals surface area contributed by atoms with E-state index in [1.54, 1.807) is 9.80 Å². The number of quaternary nitrogens is 2. The van der Waals surface area contributed by atoms with Crippen molar-refractivity contribution in [3.8, 4) is 0 Å². The van der Waals surface area contributed by atoms with Crippen LogP contribution in [0.5, 0.6) is 0 Å². The quantitative estimate of drug-likeness (QED) is 0.730. The van der Waals surface area contributed by atoms with Crippen LogP contribution in [0.4, 0.5) is 0 Å². The van der Waals surface area contributed by atoms with Gasteiger partial charge in [-0.1, -0.05) is 32.0 Å². The van der Waals surface area contributed by atoms with Gasteiger partial charge in [-0.2, -0.15) is 0 Å². The van der Waals surface area contributed by atoms with Crippen LogP contribution in [0.15, 0.2) is 30.5 Å². The molecule has 4 fully saturated rings. The van der Waals surface area contributed by atoms with Gasteiger partial charge in [0.15, 0.2) is 0 Å². The van der Waals surface area contributed by atoms with E-state index in [1.165, 1.54) is 16.5 Å². The molecule has 0 saturated carbocycles. The van der Waals surface area contributed by atoms with Gasteiger partial charge in [-0.3, -0.25) is 9.80 Å². The zero-order valence-corrected chi connectivity index (χ0v) is 15.7. The van der Waals surface area contributed by atoms with Crippen LogP contribution in [0, 0.1) is 10.8 Å². The Balaban J connectivity index is 1.62. The number of nitrogens with one attached hydrogen (secondary N) is 2. The lowest BCUT2D eigenvalue weighted by atomic mass is 9.57. The van der Waals surface area contributed by atoms with Crippen LogP contribution in [-0.4, -0.2) is 42.0 Å². The van der Waals surface area contributed by atoms with Gasteiger partial charge in [-0.15, -0.1) is 0 Å². The number of aliphatic hydroxyl groups excluding tert-OH is 1. The average Bonchev–Trinajstić information content (AvgIpc) is 2.95. The molecule has 6 rings (SSSR count). The van der Waals surface area contributed by atoms with Crippen LogP contribution in [-0.2, 0) is 7.05 Å². The molecule has 2 aromatic rings. The van der Waals surface area contributed by atoms with Crippen molar-refractivity contribution in [2.24, 2.45) is 17.9 Å². The summed E-state index contributed by atoms with van der Waals surface area (Å²) in [6.45, 7) is 9.09. The van der Waals surface area contributed by atoms with Gasteiger partial charge < -0.3 is 9.67 Å². The fraction of sp³-hybridized carbons (Fsp3) is 0.619. The number of fused-ring (bicyclic) bond motifs is 1. The van der Waals surface area contributed by atoms with E-state index < -0.39 is 0 Å². The molecule has 1 aromatic carbocycles. The van der Waals surface area contributed by atoms with Crippen LogP contribution in [0.1, 0.15) is 38.4 Å². The summed E-state index contributed by atoms with van der Waals surface area (Å²) in [6, 6.07) is 8.83. The summed E-state index contributed by atoms with van der Waals surface area (Å²) in [5, 5.41) is 12.6. The summed E-state index contributed by atoms with van der Waals surface area (Å²) >= 11 is 0. The van der Waals surface area contributed by atoms with Crippen LogP contribution in [0.2, 0.25) is 0 Å². The molecule has 0 atom stereocenters. The third-order valence-electron chi connectivity index (χ3n) is 7.94. The van der Waals surface area contributed by atoms with Crippen LogP contribution in [0.25, 0.3) is 10.9 Å². The molecule has 1 aromatic heterocycles. The Morgan fingerprint density at radius 3 is 2.16 bits per heavy atom. The Kier molecular flexibility index (Phi) is 3.23. The highest BCUT2D eigenvalue weighted by Crippen LogP contribution is 2.44. The summed E-state index contributed by atoms with van der Waals surface area (Å²) in [4.78, 5) is 3.41. The molecule has 4 nitrogen and oxygen atoms in total. The van der Waals surface area contributed by atoms with Crippen molar-refractivity contribution in [2.45, 2.75) is 39.0 Å². The van der Waals surface area contributed by atoms with E-state index in [0.29, 0.717) is 6.17 Å². The number of hydrogen-bond acceptors (Lipinski definition) is 1. The molecular weight excluding hydrogens is 310 g/mol. The molecule has 0 amide bonds. The maximum Gasteiger partial charge on any atom is 0.242 e. The van der Waals surface area contributed by atoms with Gasteiger partial charge >= 0.3 is 0 Å². The minimum absolute atomic E-state index is 0.115. The fourth-order valence-electron chi connectivity index (χ4n) is 6.72. The van der Waals surface area contributed by atoms with E-state index in [0.717, 1.165) is 39.0 Å². The Morgan fingerprint density at radius 1 is 1.04 bits per heavy atom. The number of aromatic nitrogens is 1. The lowest BCUT2D eigenvalue weighted by Gasteiger charge is -2.64. The lowest BCUT2D eigenvalue weighted by molar-refractivity contribution is -1.19. The monoisotopic (exact) mass is 341 g/mol. The maximum absolute atomic E-state index is 11.2. The van der Waals surface area contributed by atoms with Gasteiger partial charge in [-0.05, 0) is 18.9 Å². The van der Waals surface area contributed by atoms with Crippen molar-refractivity contribution in [2.75, 3.05) is 26.2 Å². The van der Waals surface area contributed by atoms with E-state index >= 15 is 0 Å². The molecular formula is C21H31N3O+2. The zero-order valence-electron chi connectivity index (χ0n) is 15.7. The molecule has 0 spiro atoms. The van der Waals surface area contributed by atoms with Crippen molar-refractivity contribution in [1.82, 2.24) is 4.57 Å². The van der Waals surface area contributed by atoms with Crippen LogP contribution < -0.4 is 9.80 Å². The molecule has 134 valence electrons. The molecule has 4 aliphatic rings. The number of para-hydroxylation sites is 1. The molecule has 0 aliphatic carbocycles. The number of aliphatic hydroxyl groups is 1. The molecule has 25 heavy (non-hydrogen) atoms. The Labute approximate surface area is 150 Å². The summed E-state index contributed by atoms with van der Waals surface area (Å²) in [7, 11) is 2.17. The molecule has 4 saturated heterocycles. The third-order valence-corrected chi connectivity index (χ3v) is 7.94. The Morgan fingerprint density at radius 2 is 1.60 bits per heavy atom. The number of hydrogen-bond donors (Lipinski definition) is 3. The van der Waals surface area contributed by atoms with E-state index in [9.17, 15) is 5.11 Å².